The molecule has 1 fully saturated rings. The number of nitrogens with one attached hydrogen (secondary N) is 1. The van der Waals surface area contributed by atoms with Crippen molar-refractivity contribution in [3.8, 4) is 0 Å². The predicted molar refractivity (Wildman–Crippen MR) is 67.4 cm³/mol. The molecule has 1 saturated heterocycles. The van der Waals surface area contributed by atoms with Crippen LogP contribution >= 0.6 is 0 Å². The molecule has 2 heterocycles. The highest BCUT2D eigenvalue weighted by atomic mass is 19.1. The van der Waals surface area contributed by atoms with Crippen molar-refractivity contribution in [1.82, 2.24) is 10.4 Å². The van der Waals surface area contributed by atoms with Crippen LogP contribution in [0.5, 0.6) is 0 Å². The van der Waals surface area contributed by atoms with Crippen molar-refractivity contribution in [1.29, 1.82) is 0 Å². The average Bonchev–Trinajstić information content (AvgIpc) is 2.76. The molecule has 0 bridgehead atoms. The molecule has 0 aromatic heterocycles. The quantitative estimate of drug-likeness (QED) is 0.601. The van der Waals surface area contributed by atoms with E-state index in [1.807, 2.05) is 0 Å². The molecule has 2 aliphatic heterocycles. The lowest BCUT2D eigenvalue weighted by Gasteiger charge is -2.40. The van der Waals surface area contributed by atoms with E-state index in [1.165, 1.54) is 6.07 Å². The van der Waals surface area contributed by atoms with E-state index < -0.39 is 5.91 Å². The second kappa shape index (κ2) is 4.28. The van der Waals surface area contributed by atoms with E-state index in [2.05, 4.69) is 11.8 Å². The van der Waals surface area contributed by atoms with Crippen LogP contribution < -0.4 is 5.48 Å². The molecular formula is C14H17FN2O2. The van der Waals surface area contributed by atoms with E-state index in [0.717, 1.165) is 30.5 Å². The highest BCUT2D eigenvalue weighted by Gasteiger charge is 2.41. The van der Waals surface area contributed by atoms with E-state index in [4.69, 9.17) is 5.21 Å². The van der Waals surface area contributed by atoms with Gasteiger partial charge in [0.25, 0.3) is 5.91 Å². The van der Waals surface area contributed by atoms with Gasteiger partial charge in [-0.1, -0.05) is 0 Å². The van der Waals surface area contributed by atoms with Crippen LogP contribution in [0, 0.1) is 5.82 Å². The highest BCUT2D eigenvalue weighted by Crippen LogP contribution is 2.39. The van der Waals surface area contributed by atoms with Crippen LogP contribution in [0.4, 0.5) is 4.39 Å². The Morgan fingerprint density at radius 1 is 1.53 bits per heavy atom. The summed E-state index contributed by atoms with van der Waals surface area (Å²) in [7, 11) is 0. The Labute approximate surface area is 111 Å². The third-order valence-corrected chi connectivity index (χ3v) is 4.48. The number of rotatable bonds is 1. The van der Waals surface area contributed by atoms with Gasteiger partial charge in [0.2, 0.25) is 0 Å². The van der Waals surface area contributed by atoms with Gasteiger partial charge in [0.15, 0.2) is 0 Å². The molecule has 1 atom stereocenters. The fraction of sp³-hybridized carbons (Fsp3) is 0.500. The highest BCUT2D eigenvalue weighted by molar-refractivity contribution is 5.93. The van der Waals surface area contributed by atoms with Crippen molar-refractivity contribution >= 4 is 5.91 Å². The number of hydrogen-bond donors (Lipinski definition) is 2. The van der Waals surface area contributed by atoms with Crippen molar-refractivity contribution in [2.45, 2.75) is 38.3 Å². The lowest BCUT2D eigenvalue weighted by molar-refractivity contribution is 0.0705. The fourth-order valence-corrected chi connectivity index (χ4v) is 3.36. The summed E-state index contributed by atoms with van der Waals surface area (Å²) in [5.41, 5.74) is 3.35. The molecule has 102 valence electrons. The number of amides is 1. The molecule has 5 heteroatoms. The standard InChI is InChI=1S/C14H17FN2O2/c1-14-3-2-4-17(14)8-10-5-9(13(18)16-19)6-12(15)11(10)7-14/h5-6,19H,2-4,7-8H2,1H3,(H,16,18)/t14-/m0/s1. The number of halogens is 1. The Morgan fingerprint density at radius 2 is 2.32 bits per heavy atom. The first-order valence-corrected chi connectivity index (χ1v) is 6.54. The second-order valence-corrected chi connectivity index (χ2v) is 5.74. The van der Waals surface area contributed by atoms with Gasteiger partial charge in [0.05, 0.1) is 0 Å². The Bertz CT molecular complexity index is 546. The number of carbonyl (C=O) groups is 1. The van der Waals surface area contributed by atoms with E-state index in [0.29, 0.717) is 13.0 Å². The number of fused-ring (bicyclic) bond motifs is 2. The van der Waals surface area contributed by atoms with Gasteiger partial charge in [0.1, 0.15) is 5.82 Å². The topological polar surface area (TPSA) is 52.6 Å². The Hall–Kier alpha value is -1.46. The molecule has 3 rings (SSSR count). The van der Waals surface area contributed by atoms with Gasteiger partial charge < -0.3 is 0 Å². The van der Waals surface area contributed by atoms with Gasteiger partial charge in [0, 0.05) is 17.6 Å². The molecule has 0 radical (unpaired) electrons. The Kier molecular flexibility index (Phi) is 2.83. The van der Waals surface area contributed by atoms with Gasteiger partial charge in [-0.05, 0) is 56.0 Å². The van der Waals surface area contributed by atoms with Crippen molar-refractivity contribution < 1.29 is 14.4 Å². The zero-order valence-electron chi connectivity index (χ0n) is 10.9. The summed E-state index contributed by atoms with van der Waals surface area (Å²) in [6.07, 6.45) is 2.91. The molecule has 4 nitrogen and oxygen atoms in total. The number of benzene rings is 1. The van der Waals surface area contributed by atoms with Crippen LogP contribution in [-0.2, 0) is 13.0 Å². The van der Waals surface area contributed by atoms with Crippen molar-refractivity contribution in [3.63, 3.8) is 0 Å². The maximum atomic E-state index is 14.2. The zero-order valence-corrected chi connectivity index (χ0v) is 10.9. The molecule has 0 saturated carbocycles. The lowest BCUT2D eigenvalue weighted by atomic mass is 9.83. The largest absolute Gasteiger partial charge is 0.293 e. The lowest BCUT2D eigenvalue weighted by Crippen LogP contribution is -2.46. The van der Waals surface area contributed by atoms with E-state index in [-0.39, 0.29) is 16.9 Å². The van der Waals surface area contributed by atoms with Gasteiger partial charge in [-0.15, -0.1) is 0 Å². The molecule has 1 amide bonds. The average molecular weight is 264 g/mol. The van der Waals surface area contributed by atoms with Crippen LogP contribution in [0.2, 0.25) is 0 Å². The van der Waals surface area contributed by atoms with Crippen molar-refractivity contribution in [2.24, 2.45) is 0 Å². The van der Waals surface area contributed by atoms with Crippen molar-refractivity contribution in [3.05, 3.63) is 34.6 Å². The first kappa shape index (κ1) is 12.6. The first-order chi connectivity index (χ1) is 9.03. The van der Waals surface area contributed by atoms with E-state index >= 15 is 0 Å². The van der Waals surface area contributed by atoms with Crippen LogP contribution in [0.3, 0.4) is 0 Å². The smallest absolute Gasteiger partial charge is 0.274 e. The number of carbonyl (C=O) groups excluding carboxylic acids is 1. The minimum atomic E-state index is -0.670. The number of hydroxylamine groups is 1. The molecule has 2 N–H and O–H groups in total. The van der Waals surface area contributed by atoms with Gasteiger partial charge in [-0.25, -0.2) is 9.87 Å². The summed E-state index contributed by atoms with van der Waals surface area (Å²) in [5.74, 6) is -1.01. The van der Waals surface area contributed by atoms with Gasteiger partial charge >= 0.3 is 0 Å². The van der Waals surface area contributed by atoms with Crippen LogP contribution in [0.1, 0.15) is 41.3 Å². The van der Waals surface area contributed by atoms with Gasteiger partial charge in [-0.3, -0.25) is 14.9 Å². The monoisotopic (exact) mass is 264 g/mol. The van der Waals surface area contributed by atoms with Crippen LogP contribution in [0.25, 0.3) is 0 Å². The van der Waals surface area contributed by atoms with Gasteiger partial charge in [-0.2, -0.15) is 0 Å². The summed E-state index contributed by atoms with van der Waals surface area (Å²) in [6.45, 7) is 3.88. The molecule has 0 unspecified atom stereocenters. The summed E-state index contributed by atoms with van der Waals surface area (Å²) < 4.78 is 14.2. The Morgan fingerprint density at radius 3 is 3.05 bits per heavy atom. The normalized spacial score (nSPS) is 25.8. The third kappa shape index (κ3) is 1.93. The molecule has 2 aliphatic rings. The fourth-order valence-electron chi connectivity index (χ4n) is 3.36. The third-order valence-electron chi connectivity index (χ3n) is 4.48. The summed E-state index contributed by atoms with van der Waals surface area (Å²) in [4.78, 5) is 13.8. The summed E-state index contributed by atoms with van der Waals surface area (Å²) >= 11 is 0. The molecule has 0 spiro atoms. The maximum absolute atomic E-state index is 14.2. The zero-order chi connectivity index (χ0) is 13.6. The van der Waals surface area contributed by atoms with Crippen LogP contribution in [0.15, 0.2) is 12.1 Å². The SMILES string of the molecule is C[C@@]12CCCN1Cc1cc(C(=O)NO)cc(F)c1C2. The van der Waals surface area contributed by atoms with Crippen molar-refractivity contribution in [2.75, 3.05) is 6.54 Å². The minimum absolute atomic E-state index is 0.0502. The number of hydrogen-bond acceptors (Lipinski definition) is 3. The molecule has 1 aromatic carbocycles. The van der Waals surface area contributed by atoms with E-state index in [1.54, 1.807) is 11.5 Å². The maximum Gasteiger partial charge on any atom is 0.274 e. The molecule has 1 aromatic rings. The summed E-state index contributed by atoms with van der Waals surface area (Å²) in [6, 6.07) is 2.89. The minimum Gasteiger partial charge on any atom is -0.293 e. The summed E-state index contributed by atoms with van der Waals surface area (Å²) in [5, 5.41) is 8.64. The van der Waals surface area contributed by atoms with Crippen LogP contribution in [-0.4, -0.2) is 28.1 Å². The molecule has 0 aliphatic carbocycles. The molecule has 19 heavy (non-hydrogen) atoms. The van der Waals surface area contributed by atoms with E-state index in [9.17, 15) is 9.18 Å². The Balaban J connectivity index is 2.03. The number of nitrogens with zero attached hydrogens (tertiary/aromatic N) is 1. The first-order valence-electron chi connectivity index (χ1n) is 6.54. The second-order valence-electron chi connectivity index (χ2n) is 5.74. The molecular weight excluding hydrogens is 247 g/mol. The predicted octanol–water partition coefficient (Wildman–Crippen LogP) is 1.86.